The Labute approximate surface area is 180 Å². The van der Waals surface area contributed by atoms with Crippen LogP contribution in [0.5, 0.6) is 5.75 Å². The lowest BCUT2D eigenvalue weighted by Crippen LogP contribution is -2.44. The van der Waals surface area contributed by atoms with Crippen LogP contribution >= 0.6 is 0 Å². The average molecular weight is 411 g/mol. The number of carbonyl (C=O) groups is 1. The zero-order valence-corrected chi connectivity index (χ0v) is 18.6. The molecule has 0 aliphatic heterocycles. The van der Waals surface area contributed by atoms with E-state index in [9.17, 15) is 9.90 Å². The molecule has 1 N–H and O–H groups in total. The summed E-state index contributed by atoms with van der Waals surface area (Å²) in [6.07, 6.45) is 3.27. The normalized spacial score (nSPS) is 21.5. The van der Waals surface area contributed by atoms with Gasteiger partial charge >= 0.3 is 5.97 Å². The van der Waals surface area contributed by atoms with Gasteiger partial charge in [-0.2, -0.15) is 0 Å². The van der Waals surface area contributed by atoms with Gasteiger partial charge in [0.25, 0.3) is 0 Å². The van der Waals surface area contributed by atoms with Crippen LogP contribution in [-0.2, 0) is 20.5 Å². The van der Waals surface area contributed by atoms with E-state index >= 15 is 0 Å². The highest BCUT2D eigenvalue weighted by Crippen LogP contribution is 2.32. The minimum absolute atomic E-state index is 0.0868. The number of esters is 1. The highest BCUT2D eigenvalue weighted by Gasteiger charge is 2.41. The zero-order chi connectivity index (χ0) is 21.8. The molecule has 0 saturated heterocycles. The Morgan fingerprint density at radius 3 is 2.10 bits per heavy atom. The monoisotopic (exact) mass is 410 g/mol. The fourth-order valence-electron chi connectivity index (χ4n) is 3.96. The molecule has 0 radical (unpaired) electrons. The van der Waals surface area contributed by atoms with Crippen molar-refractivity contribution in [2.45, 2.75) is 83.0 Å². The highest BCUT2D eigenvalue weighted by atomic mass is 16.6. The molecular formula is C26H34O4. The van der Waals surface area contributed by atoms with Gasteiger partial charge in [0.15, 0.2) is 5.60 Å². The number of hydrogen-bond donors (Lipinski definition) is 1. The first-order chi connectivity index (χ1) is 14.2. The molecule has 0 unspecified atom stereocenters. The van der Waals surface area contributed by atoms with Crippen molar-refractivity contribution < 1.29 is 19.4 Å². The van der Waals surface area contributed by atoms with E-state index in [1.807, 2.05) is 30.3 Å². The van der Waals surface area contributed by atoms with Gasteiger partial charge in [-0.05, 0) is 60.8 Å². The van der Waals surface area contributed by atoms with Crippen LogP contribution in [-0.4, -0.2) is 23.3 Å². The van der Waals surface area contributed by atoms with Crippen LogP contribution in [0, 0.1) is 0 Å². The predicted octanol–water partition coefficient (Wildman–Crippen LogP) is 5.52. The van der Waals surface area contributed by atoms with Gasteiger partial charge in [0.05, 0.1) is 0 Å². The van der Waals surface area contributed by atoms with Crippen LogP contribution in [0.4, 0.5) is 0 Å². The summed E-state index contributed by atoms with van der Waals surface area (Å²) in [6.45, 7) is 8.34. The molecule has 1 aliphatic rings. The third kappa shape index (κ3) is 5.04. The SMILES string of the molecule is CC[C@](O)(C(=O)O[C@@H]1CCCC[C@H]1Oc1ccc(C(C)(C)C)cc1)c1ccccc1. The van der Waals surface area contributed by atoms with E-state index in [1.54, 1.807) is 19.1 Å². The van der Waals surface area contributed by atoms with Gasteiger partial charge in [0.1, 0.15) is 18.0 Å². The number of carbonyl (C=O) groups excluding carboxylic acids is 1. The van der Waals surface area contributed by atoms with Crippen molar-refractivity contribution in [3.05, 3.63) is 65.7 Å². The summed E-state index contributed by atoms with van der Waals surface area (Å²) < 4.78 is 12.1. The van der Waals surface area contributed by atoms with Gasteiger partial charge in [0, 0.05) is 0 Å². The molecule has 162 valence electrons. The Balaban J connectivity index is 1.72. The first kappa shape index (κ1) is 22.4. The molecule has 1 aliphatic carbocycles. The lowest BCUT2D eigenvalue weighted by molar-refractivity contribution is -0.179. The molecule has 0 amide bonds. The summed E-state index contributed by atoms with van der Waals surface area (Å²) in [5, 5.41) is 11.1. The van der Waals surface area contributed by atoms with E-state index in [0.717, 1.165) is 31.4 Å². The van der Waals surface area contributed by atoms with Crippen molar-refractivity contribution in [3.8, 4) is 5.75 Å². The van der Waals surface area contributed by atoms with Crippen LogP contribution in [0.25, 0.3) is 0 Å². The van der Waals surface area contributed by atoms with Gasteiger partial charge in [-0.1, -0.05) is 70.2 Å². The Morgan fingerprint density at radius 2 is 1.53 bits per heavy atom. The first-order valence-corrected chi connectivity index (χ1v) is 11.0. The third-order valence-electron chi connectivity index (χ3n) is 6.01. The number of ether oxygens (including phenoxy) is 2. The topological polar surface area (TPSA) is 55.8 Å². The standard InChI is InChI=1S/C26H34O4/c1-5-26(28,20-11-7-6-8-12-20)24(27)30-23-14-10-9-13-22(23)29-21-17-15-19(16-18-21)25(2,3)4/h6-8,11-12,15-18,22-23,28H,5,9-10,13-14H2,1-4H3/t22-,23-,26-/m1/s1. The maximum atomic E-state index is 13.0. The van der Waals surface area contributed by atoms with Crippen molar-refractivity contribution in [1.29, 1.82) is 0 Å². The van der Waals surface area contributed by atoms with Gasteiger partial charge in [-0.25, -0.2) is 4.79 Å². The molecule has 0 aromatic heterocycles. The lowest BCUT2D eigenvalue weighted by atomic mass is 9.87. The quantitative estimate of drug-likeness (QED) is 0.638. The van der Waals surface area contributed by atoms with Crippen molar-refractivity contribution in [1.82, 2.24) is 0 Å². The molecule has 3 rings (SSSR count). The van der Waals surface area contributed by atoms with Crippen LogP contribution in [0.3, 0.4) is 0 Å². The van der Waals surface area contributed by atoms with Gasteiger partial charge < -0.3 is 14.6 Å². The molecule has 2 aromatic rings. The zero-order valence-electron chi connectivity index (χ0n) is 18.6. The molecule has 0 bridgehead atoms. The molecule has 1 fully saturated rings. The number of benzene rings is 2. The average Bonchev–Trinajstić information content (AvgIpc) is 2.75. The Morgan fingerprint density at radius 1 is 0.933 bits per heavy atom. The predicted molar refractivity (Wildman–Crippen MR) is 119 cm³/mol. The van der Waals surface area contributed by atoms with Crippen molar-refractivity contribution in [2.75, 3.05) is 0 Å². The molecule has 4 nitrogen and oxygen atoms in total. The Kier molecular flexibility index (Phi) is 6.87. The van der Waals surface area contributed by atoms with E-state index in [0.29, 0.717) is 5.56 Å². The smallest absolute Gasteiger partial charge is 0.343 e. The largest absolute Gasteiger partial charge is 0.487 e. The minimum atomic E-state index is -1.64. The van der Waals surface area contributed by atoms with Gasteiger partial charge in [-0.3, -0.25) is 0 Å². The molecule has 2 aromatic carbocycles. The van der Waals surface area contributed by atoms with Crippen LogP contribution < -0.4 is 4.74 Å². The van der Waals surface area contributed by atoms with Gasteiger partial charge in [0.2, 0.25) is 0 Å². The molecule has 4 heteroatoms. The van der Waals surface area contributed by atoms with E-state index in [-0.39, 0.29) is 24.0 Å². The maximum Gasteiger partial charge on any atom is 0.343 e. The molecule has 3 atom stereocenters. The summed E-state index contributed by atoms with van der Waals surface area (Å²) in [5.41, 5.74) is 0.252. The minimum Gasteiger partial charge on any atom is -0.487 e. The second-order valence-corrected chi connectivity index (χ2v) is 9.24. The first-order valence-electron chi connectivity index (χ1n) is 11.0. The van der Waals surface area contributed by atoms with Gasteiger partial charge in [-0.15, -0.1) is 0 Å². The Bertz CT molecular complexity index is 822. The summed E-state index contributed by atoms with van der Waals surface area (Å²) >= 11 is 0. The molecule has 30 heavy (non-hydrogen) atoms. The second kappa shape index (κ2) is 9.22. The highest BCUT2D eigenvalue weighted by molar-refractivity contribution is 5.81. The molecule has 0 spiro atoms. The molecule has 1 saturated carbocycles. The van der Waals surface area contributed by atoms with E-state index in [2.05, 4.69) is 32.9 Å². The number of aliphatic hydroxyl groups is 1. The van der Waals surface area contributed by atoms with Crippen LogP contribution in [0.2, 0.25) is 0 Å². The van der Waals surface area contributed by atoms with Crippen molar-refractivity contribution in [3.63, 3.8) is 0 Å². The summed E-state index contributed by atoms with van der Waals surface area (Å²) in [6, 6.07) is 17.2. The second-order valence-electron chi connectivity index (χ2n) is 9.24. The van der Waals surface area contributed by atoms with E-state index < -0.39 is 11.6 Å². The van der Waals surface area contributed by atoms with Crippen LogP contribution in [0.15, 0.2) is 54.6 Å². The van der Waals surface area contributed by atoms with Crippen molar-refractivity contribution in [2.24, 2.45) is 0 Å². The summed E-state index contributed by atoms with van der Waals surface area (Å²) in [7, 11) is 0. The fourth-order valence-corrected chi connectivity index (χ4v) is 3.96. The summed E-state index contributed by atoms with van der Waals surface area (Å²) in [5.74, 6) is 0.185. The van der Waals surface area contributed by atoms with Crippen molar-refractivity contribution >= 4 is 5.97 Å². The Hall–Kier alpha value is -2.33. The fraction of sp³-hybridized carbons (Fsp3) is 0.500. The van der Waals surface area contributed by atoms with E-state index in [4.69, 9.17) is 9.47 Å². The lowest BCUT2D eigenvalue weighted by Gasteiger charge is -2.34. The number of hydrogen-bond acceptors (Lipinski definition) is 4. The van der Waals surface area contributed by atoms with E-state index in [1.165, 1.54) is 5.56 Å². The van der Waals surface area contributed by atoms with Crippen LogP contribution in [0.1, 0.15) is 70.9 Å². The molecular weight excluding hydrogens is 376 g/mol. The molecule has 0 heterocycles. The number of rotatable bonds is 6. The maximum absolute atomic E-state index is 13.0. The third-order valence-corrected chi connectivity index (χ3v) is 6.01. The summed E-state index contributed by atoms with van der Waals surface area (Å²) in [4.78, 5) is 13.0.